The van der Waals surface area contributed by atoms with E-state index in [0.717, 1.165) is 5.92 Å². The summed E-state index contributed by atoms with van der Waals surface area (Å²) in [5, 5.41) is 0. The summed E-state index contributed by atoms with van der Waals surface area (Å²) in [5.41, 5.74) is 0. The second-order valence-electron chi connectivity index (χ2n) is 2.05. The minimum absolute atomic E-state index is 0.884. The highest BCUT2D eigenvalue weighted by atomic mass is 19.4. The van der Waals surface area contributed by atoms with Crippen LogP contribution in [0.5, 0.6) is 0 Å². The standard InChI is InChI=1S/C5H12.CHF3/c1-4-5(2)3;2-1(3)4/h5H,4H2,1-3H3;1H. The Kier molecular flexibility index (Phi) is 10.0. The maximum Gasteiger partial charge on any atom is 0.379 e. The van der Waals surface area contributed by atoms with Crippen molar-refractivity contribution >= 4 is 0 Å². The van der Waals surface area contributed by atoms with Crippen LogP contribution in [0.2, 0.25) is 0 Å². The van der Waals surface area contributed by atoms with Gasteiger partial charge in [-0.3, -0.25) is 0 Å². The molecule has 3 heteroatoms. The predicted molar refractivity (Wildman–Crippen MR) is 32.2 cm³/mol. The van der Waals surface area contributed by atoms with Gasteiger partial charge in [-0.15, -0.1) is 0 Å². The molecule has 0 heterocycles. The van der Waals surface area contributed by atoms with Crippen molar-refractivity contribution in [2.45, 2.75) is 33.9 Å². The Hall–Kier alpha value is -0.210. The van der Waals surface area contributed by atoms with Crippen molar-refractivity contribution in [3.8, 4) is 0 Å². The molecule has 58 valence electrons. The van der Waals surface area contributed by atoms with Gasteiger partial charge in [-0.1, -0.05) is 27.2 Å². The maximum atomic E-state index is 9.67. The minimum atomic E-state index is -3.67. The van der Waals surface area contributed by atoms with Gasteiger partial charge in [0.2, 0.25) is 0 Å². The number of halogens is 3. The van der Waals surface area contributed by atoms with E-state index < -0.39 is 6.68 Å². The molecule has 0 aliphatic heterocycles. The van der Waals surface area contributed by atoms with Crippen LogP contribution in [0.25, 0.3) is 0 Å². The summed E-state index contributed by atoms with van der Waals surface area (Å²) in [4.78, 5) is 0. The molecule has 9 heavy (non-hydrogen) atoms. The molecule has 0 aromatic carbocycles. The van der Waals surface area contributed by atoms with E-state index in [-0.39, 0.29) is 0 Å². The monoisotopic (exact) mass is 142 g/mol. The zero-order chi connectivity index (χ0) is 7.86. The topological polar surface area (TPSA) is 0 Å². The van der Waals surface area contributed by atoms with Gasteiger partial charge < -0.3 is 0 Å². The molecule has 0 rings (SSSR count). The number of rotatable bonds is 1. The van der Waals surface area contributed by atoms with E-state index in [1.165, 1.54) is 6.42 Å². The SMILES string of the molecule is CCC(C)C.FC(F)F. The van der Waals surface area contributed by atoms with Crippen molar-refractivity contribution in [2.75, 3.05) is 0 Å². The highest BCUT2D eigenvalue weighted by Gasteiger charge is 1.86. The zero-order valence-corrected chi connectivity index (χ0v) is 6.00. The Morgan fingerprint density at radius 2 is 1.22 bits per heavy atom. The molecule has 0 atom stereocenters. The van der Waals surface area contributed by atoms with Gasteiger partial charge >= 0.3 is 6.68 Å². The third kappa shape index (κ3) is 81.5. The van der Waals surface area contributed by atoms with E-state index in [0.29, 0.717) is 0 Å². The van der Waals surface area contributed by atoms with Crippen LogP contribution in [-0.2, 0) is 0 Å². The van der Waals surface area contributed by atoms with Crippen LogP contribution in [0.15, 0.2) is 0 Å². The molecular weight excluding hydrogens is 129 g/mol. The second-order valence-corrected chi connectivity index (χ2v) is 2.05. The second kappa shape index (κ2) is 7.79. The summed E-state index contributed by atoms with van der Waals surface area (Å²) in [7, 11) is 0. The lowest BCUT2D eigenvalue weighted by Crippen LogP contribution is -1.77. The number of alkyl halides is 3. The molecule has 0 aliphatic carbocycles. The van der Waals surface area contributed by atoms with Gasteiger partial charge in [0.15, 0.2) is 0 Å². The van der Waals surface area contributed by atoms with Crippen LogP contribution in [0.4, 0.5) is 13.2 Å². The van der Waals surface area contributed by atoms with Gasteiger partial charge in [-0.05, 0) is 5.92 Å². The van der Waals surface area contributed by atoms with Crippen molar-refractivity contribution in [3.63, 3.8) is 0 Å². The number of hydrogen-bond donors (Lipinski definition) is 0. The van der Waals surface area contributed by atoms with Gasteiger partial charge in [0, 0.05) is 0 Å². The Balaban J connectivity index is 0. The molecule has 0 aromatic rings. The summed E-state index contributed by atoms with van der Waals surface area (Å²) in [6.07, 6.45) is 1.31. The van der Waals surface area contributed by atoms with E-state index in [1.54, 1.807) is 0 Å². The molecular formula is C6H13F3. The van der Waals surface area contributed by atoms with Gasteiger partial charge in [0.1, 0.15) is 0 Å². The van der Waals surface area contributed by atoms with E-state index in [9.17, 15) is 13.2 Å². The van der Waals surface area contributed by atoms with E-state index in [2.05, 4.69) is 20.8 Å². The van der Waals surface area contributed by atoms with Gasteiger partial charge in [-0.2, -0.15) is 13.2 Å². The van der Waals surface area contributed by atoms with Crippen molar-refractivity contribution < 1.29 is 13.2 Å². The first-order chi connectivity index (χ1) is 4.00. The van der Waals surface area contributed by atoms with Crippen molar-refractivity contribution in [3.05, 3.63) is 0 Å². The third-order valence-corrected chi connectivity index (χ3v) is 0.816. The third-order valence-electron chi connectivity index (χ3n) is 0.816. The fourth-order valence-electron chi connectivity index (χ4n) is 0. The van der Waals surface area contributed by atoms with Gasteiger partial charge in [0.05, 0.1) is 0 Å². The highest BCUT2D eigenvalue weighted by Crippen LogP contribution is 1.93. The molecule has 0 nitrogen and oxygen atoms in total. The molecule has 0 spiro atoms. The van der Waals surface area contributed by atoms with Crippen molar-refractivity contribution in [1.82, 2.24) is 0 Å². The zero-order valence-electron chi connectivity index (χ0n) is 6.00. The Bertz CT molecular complexity index is 40.8. The fraction of sp³-hybridized carbons (Fsp3) is 1.00. The normalized spacial score (nSPS) is 9.33. The van der Waals surface area contributed by atoms with E-state index in [1.807, 2.05) is 0 Å². The van der Waals surface area contributed by atoms with E-state index >= 15 is 0 Å². The minimum Gasteiger partial charge on any atom is -0.174 e. The van der Waals surface area contributed by atoms with Crippen molar-refractivity contribution in [1.29, 1.82) is 0 Å². The van der Waals surface area contributed by atoms with Crippen LogP contribution in [0.3, 0.4) is 0 Å². The Morgan fingerprint density at radius 3 is 1.22 bits per heavy atom. The van der Waals surface area contributed by atoms with Crippen LogP contribution in [0.1, 0.15) is 27.2 Å². The Labute approximate surface area is 54.1 Å². The first-order valence-electron chi connectivity index (χ1n) is 2.92. The van der Waals surface area contributed by atoms with Crippen molar-refractivity contribution in [2.24, 2.45) is 5.92 Å². The first-order valence-corrected chi connectivity index (χ1v) is 2.92. The fourth-order valence-corrected chi connectivity index (χ4v) is 0. The smallest absolute Gasteiger partial charge is 0.174 e. The molecule has 0 N–H and O–H groups in total. The van der Waals surface area contributed by atoms with Crippen LogP contribution in [0, 0.1) is 5.92 Å². The lowest BCUT2D eigenvalue weighted by atomic mass is 10.2. The first kappa shape index (κ1) is 11.6. The molecule has 0 unspecified atom stereocenters. The Morgan fingerprint density at radius 1 is 1.11 bits per heavy atom. The number of hydrogen-bond acceptors (Lipinski definition) is 0. The lowest BCUT2D eigenvalue weighted by molar-refractivity contribution is 0.00819. The van der Waals surface area contributed by atoms with Crippen LogP contribution < -0.4 is 0 Å². The highest BCUT2D eigenvalue weighted by molar-refractivity contribution is 4.32. The lowest BCUT2D eigenvalue weighted by Gasteiger charge is -1.90. The molecule has 0 fully saturated rings. The van der Waals surface area contributed by atoms with Gasteiger partial charge in [-0.25, -0.2) is 0 Å². The predicted octanol–water partition coefficient (Wildman–Crippen LogP) is 3.23. The molecule has 0 bridgehead atoms. The molecule has 0 amide bonds. The van der Waals surface area contributed by atoms with Crippen LogP contribution in [-0.4, -0.2) is 6.68 Å². The maximum absolute atomic E-state index is 9.67. The average molecular weight is 142 g/mol. The quantitative estimate of drug-likeness (QED) is 0.527. The summed E-state index contributed by atoms with van der Waals surface area (Å²) < 4.78 is 29.0. The largest absolute Gasteiger partial charge is 0.379 e. The molecule has 0 aliphatic rings. The van der Waals surface area contributed by atoms with Gasteiger partial charge in [0.25, 0.3) is 0 Å². The molecule has 0 radical (unpaired) electrons. The van der Waals surface area contributed by atoms with Crippen LogP contribution >= 0.6 is 0 Å². The average Bonchev–Trinajstić information content (AvgIpc) is 1.65. The molecule has 0 saturated heterocycles. The molecule has 0 aromatic heterocycles. The summed E-state index contributed by atoms with van der Waals surface area (Å²) in [6.45, 7) is 2.98. The summed E-state index contributed by atoms with van der Waals surface area (Å²) in [6, 6.07) is 0. The summed E-state index contributed by atoms with van der Waals surface area (Å²) in [5.74, 6) is 0.884. The van der Waals surface area contributed by atoms with E-state index in [4.69, 9.17) is 0 Å². The summed E-state index contributed by atoms with van der Waals surface area (Å²) >= 11 is 0. The molecule has 0 saturated carbocycles.